The summed E-state index contributed by atoms with van der Waals surface area (Å²) in [6, 6.07) is 0.603. The van der Waals surface area contributed by atoms with Crippen LogP contribution in [0.5, 0.6) is 0 Å². The van der Waals surface area contributed by atoms with Gasteiger partial charge in [-0.3, -0.25) is 0 Å². The predicted octanol–water partition coefficient (Wildman–Crippen LogP) is 2.31. The van der Waals surface area contributed by atoms with Crippen molar-refractivity contribution in [2.45, 2.75) is 57.4 Å². The Morgan fingerprint density at radius 3 is 2.42 bits per heavy atom. The first-order valence-electron chi connectivity index (χ1n) is 8.42. The molecule has 112 valence electrons. The van der Waals surface area contributed by atoms with Gasteiger partial charge in [0.05, 0.1) is 0 Å². The SMILES string of the molecule is CN(CCN1CCCC1)C(CN)CC1CCCCC1. The lowest BCUT2D eigenvalue weighted by atomic mass is 9.84. The molecular weight excluding hydrogens is 234 g/mol. The van der Waals surface area contributed by atoms with Crippen LogP contribution in [0, 0.1) is 5.92 Å². The molecule has 0 aromatic carbocycles. The van der Waals surface area contributed by atoms with E-state index in [0.29, 0.717) is 6.04 Å². The van der Waals surface area contributed by atoms with Crippen LogP contribution >= 0.6 is 0 Å². The standard InChI is InChI=1S/C16H33N3/c1-18(11-12-19-9-5-6-10-19)16(14-17)13-15-7-3-2-4-8-15/h15-16H,2-14,17H2,1H3. The molecule has 3 heteroatoms. The minimum absolute atomic E-state index is 0.603. The molecule has 0 aromatic heterocycles. The molecular formula is C16H33N3. The maximum atomic E-state index is 6.02. The van der Waals surface area contributed by atoms with Crippen LogP contribution in [-0.2, 0) is 0 Å². The fourth-order valence-electron chi connectivity index (χ4n) is 3.75. The number of rotatable bonds is 7. The van der Waals surface area contributed by atoms with Crippen molar-refractivity contribution in [3.63, 3.8) is 0 Å². The average Bonchev–Trinajstić information content (AvgIpc) is 2.96. The summed E-state index contributed by atoms with van der Waals surface area (Å²) in [5, 5.41) is 0. The summed E-state index contributed by atoms with van der Waals surface area (Å²) in [4.78, 5) is 5.12. The van der Waals surface area contributed by atoms with Crippen LogP contribution in [-0.4, -0.2) is 55.6 Å². The van der Waals surface area contributed by atoms with Crippen molar-refractivity contribution in [2.75, 3.05) is 39.8 Å². The van der Waals surface area contributed by atoms with Crippen molar-refractivity contribution in [3.05, 3.63) is 0 Å². The Balaban J connectivity index is 1.68. The molecule has 2 rings (SSSR count). The van der Waals surface area contributed by atoms with Crippen molar-refractivity contribution in [3.8, 4) is 0 Å². The maximum absolute atomic E-state index is 6.02. The van der Waals surface area contributed by atoms with E-state index in [4.69, 9.17) is 5.73 Å². The Morgan fingerprint density at radius 2 is 1.79 bits per heavy atom. The van der Waals surface area contributed by atoms with Crippen molar-refractivity contribution in [1.29, 1.82) is 0 Å². The number of hydrogen-bond acceptors (Lipinski definition) is 3. The summed E-state index contributed by atoms with van der Waals surface area (Å²) >= 11 is 0. The summed E-state index contributed by atoms with van der Waals surface area (Å²) in [6.07, 6.45) is 11.3. The summed E-state index contributed by atoms with van der Waals surface area (Å²) < 4.78 is 0. The average molecular weight is 267 g/mol. The van der Waals surface area contributed by atoms with E-state index in [1.54, 1.807) is 0 Å². The Morgan fingerprint density at radius 1 is 1.11 bits per heavy atom. The number of likely N-dealkylation sites (N-methyl/N-ethyl adjacent to an activating group) is 1. The zero-order chi connectivity index (χ0) is 13.5. The molecule has 2 fully saturated rings. The molecule has 0 amide bonds. The third-order valence-corrected chi connectivity index (χ3v) is 5.19. The maximum Gasteiger partial charge on any atom is 0.0218 e. The second kappa shape index (κ2) is 8.23. The van der Waals surface area contributed by atoms with E-state index in [1.807, 2.05) is 0 Å². The second-order valence-corrected chi connectivity index (χ2v) is 6.66. The molecule has 0 radical (unpaired) electrons. The summed E-state index contributed by atoms with van der Waals surface area (Å²) in [6.45, 7) is 5.87. The summed E-state index contributed by atoms with van der Waals surface area (Å²) in [5.41, 5.74) is 6.02. The minimum atomic E-state index is 0.603. The van der Waals surface area contributed by atoms with Gasteiger partial charge < -0.3 is 15.5 Å². The first kappa shape index (κ1) is 15.3. The van der Waals surface area contributed by atoms with Gasteiger partial charge in [-0.25, -0.2) is 0 Å². The number of likely N-dealkylation sites (tertiary alicyclic amines) is 1. The van der Waals surface area contributed by atoms with Gasteiger partial charge in [-0.05, 0) is 45.3 Å². The third kappa shape index (κ3) is 5.05. The van der Waals surface area contributed by atoms with Crippen molar-refractivity contribution >= 4 is 0 Å². The van der Waals surface area contributed by atoms with Gasteiger partial charge in [-0.2, -0.15) is 0 Å². The molecule has 2 aliphatic rings. The fourth-order valence-corrected chi connectivity index (χ4v) is 3.75. The topological polar surface area (TPSA) is 32.5 Å². The molecule has 1 saturated carbocycles. The lowest BCUT2D eigenvalue weighted by molar-refractivity contribution is 0.172. The Labute approximate surface area is 119 Å². The van der Waals surface area contributed by atoms with Gasteiger partial charge in [-0.1, -0.05) is 32.1 Å². The lowest BCUT2D eigenvalue weighted by Gasteiger charge is -2.32. The third-order valence-electron chi connectivity index (χ3n) is 5.19. The number of nitrogens with zero attached hydrogens (tertiary/aromatic N) is 2. The van der Waals surface area contributed by atoms with Gasteiger partial charge in [0.25, 0.3) is 0 Å². The van der Waals surface area contributed by atoms with Crippen molar-refractivity contribution in [1.82, 2.24) is 9.80 Å². The molecule has 0 spiro atoms. The van der Waals surface area contributed by atoms with Crippen molar-refractivity contribution < 1.29 is 0 Å². The minimum Gasteiger partial charge on any atom is -0.329 e. The Bertz CT molecular complexity index is 232. The smallest absolute Gasteiger partial charge is 0.0218 e. The van der Waals surface area contributed by atoms with E-state index in [9.17, 15) is 0 Å². The molecule has 19 heavy (non-hydrogen) atoms. The van der Waals surface area contributed by atoms with Gasteiger partial charge in [0, 0.05) is 25.7 Å². The van der Waals surface area contributed by atoms with E-state index in [-0.39, 0.29) is 0 Å². The fraction of sp³-hybridized carbons (Fsp3) is 1.00. The lowest BCUT2D eigenvalue weighted by Crippen LogP contribution is -2.43. The summed E-state index contributed by atoms with van der Waals surface area (Å²) in [7, 11) is 2.27. The highest BCUT2D eigenvalue weighted by Gasteiger charge is 2.21. The molecule has 1 heterocycles. The second-order valence-electron chi connectivity index (χ2n) is 6.66. The molecule has 1 aliphatic heterocycles. The number of nitrogens with two attached hydrogens (primary N) is 1. The van der Waals surface area contributed by atoms with Gasteiger partial charge >= 0.3 is 0 Å². The zero-order valence-corrected chi connectivity index (χ0v) is 12.8. The predicted molar refractivity (Wildman–Crippen MR) is 82.3 cm³/mol. The first-order chi connectivity index (χ1) is 9.29. The number of hydrogen-bond donors (Lipinski definition) is 1. The highest BCUT2D eigenvalue weighted by molar-refractivity contribution is 4.77. The van der Waals surface area contributed by atoms with E-state index < -0.39 is 0 Å². The molecule has 1 aliphatic carbocycles. The van der Waals surface area contributed by atoms with E-state index >= 15 is 0 Å². The molecule has 1 saturated heterocycles. The van der Waals surface area contributed by atoms with E-state index in [2.05, 4.69) is 16.8 Å². The molecule has 1 atom stereocenters. The molecule has 3 nitrogen and oxygen atoms in total. The Hall–Kier alpha value is -0.120. The van der Waals surface area contributed by atoms with Crippen LogP contribution in [0.15, 0.2) is 0 Å². The molecule has 1 unspecified atom stereocenters. The van der Waals surface area contributed by atoms with Gasteiger partial charge in [-0.15, -0.1) is 0 Å². The van der Waals surface area contributed by atoms with Crippen LogP contribution in [0.3, 0.4) is 0 Å². The zero-order valence-electron chi connectivity index (χ0n) is 12.8. The molecule has 0 aromatic rings. The quantitative estimate of drug-likeness (QED) is 0.768. The molecule has 0 bridgehead atoms. The van der Waals surface area contributed by atoms with Gasteiger partial charge in [0.15, 0.2) is 0 Å². The monoisotopic (exact) mass is 267 g/mol. The largest absolute Gasteiger partial charge is 0.329 e. The van der Waals surface area contributed by atoms with Crippen LogP contribution in [0.1, 0.15) is 51.4 Å². The van der Waals surface area contributed by atoms with Crippen molar-refractivity contribution in [2.24, 2.45) is 11.7 Å². The van der Waals surface area contributed by atoms with Gasteiger partial charge in [0.1, 0.15) is 0 Å². The van der Waals surface area contributed by atoms with E-state index in [1.165, 1.54) is 77.5 Å². The normalized spacial score (nSPS) is 24.2. The van der Waals surface area contributed by atoms with E-state index in [0.717, 1.165) is 12.5 Å². The highest BCUT2D eigenvalue weighted by atomic mass is 15.2. The van der Waals surface area contributed by atoms with Crippen LogP contribution in [0.4, 0.5) is 0 Å². The van der Waals surface area contributed by atoms with Crippen LogP contribution < -0.4 is 5.73 Å². The first-order valence-corrected chi connectivity index (χ1v) is 8.42. The van der Waals surface area contributed by atoms with Gasteiger partial charge in [0.2, 0.25) is 0 Å². The highest BCUT2D eigenvalue weighted by Crippen LogP contribution is 2.28. The Kier molecular flexibility index (Phi) is 6.62. The summed E-state index contributed by atoms with van der Waals surface area (Å²) in [5.74, 6) is 0.941. The van der Waals surface area contributed by atoms with Crippen LogP contribution in [0.25, 0.3) is 0 Å². The molecule has 2 N–H and O–H groups in total. The van der Waals surface area contributed by atoms with Crippen LogP contribution in [0.2, 0.25) is 0 Å².